The molecule has 1 N–H and O–H groups in total. The maximum absolute atomic E-state index is 11.4. The third-order valence-corrected chi connectivity index (χ3v) is 2.97. The van der Waals surface area contributed by atoms with E-state index in [9.17, 15) is 4.79 Å². The third-order valence-electron chi connectivity index (χ3n) is 2.97. The Kier molecular flexibility index (Phi) is 5.80. The average molecular weight is 241 g/mol. The van der Waals surface area contributed by atoms with E-state index in [0.717, 1.165) is 45.0 Å². The van der Waals surface area contributed by atoms with Crippen LogP contribution in [-0.4, -0.2) is 50.1 Å². The van der Waals surface area contributed by atoms with Crippen LogP contribution in [0.5, 0.6) is 0 Å². The molecule has 0 aliphatic carbocycles. The SMILES string of the molecule is CCN=C(NCC)N1CCC(C(=O)OC)CC1. The molecule has 0 aromatic carbocycles. The van der Waals surface area contributed by atoms with E-state index in [1.54, 1.807) is 0 Å². The van der Waals surface area contributed by atoms with Crippen LogP contribution in [0.25, 0.3) is 0 Å². The van der Waals surface area contributed by atoms with Crippen molar-refractivity contribution in [3.63, 3.8) is 0 Å². The number of carbonyl (C=O) groups is 1. The fourth-order valence-corrected chi connectivity index (χ4v) is 2.07. The zero-order valence-corrected chi connectivity index (χ0v) is 11.0. The second-order valence-corrected chi connectivity index (χ2v) is 4.11. The number of carbonyl (C=O) groups excluding carboxylic acids is 1. The summed E-state index contributed by atoms with van der Waals surface area (Å²) in [5, 5.41) is 3.27. The van der Waals surface area contributed by atoms with Crippen molar-refractivity contribution in [3.05, 3.63) is 0 Å². The second kappa shape index (κ2) is 7.14. The lowest BCUT2D eigenvalue weighted by Crippen LogP contribution is -2.46. The summed E-state index contributed by atoms with van der Waals surface area (Å²) in [6, 6.07) is 0. The van der Waals surface area contributed by atoms with Gasteiger partial charge >= 0.3 is 5.97 Å². The van der Waals surface area contributed by atoms with Crippen LogP contribution >= 0.6 is 0 Å². The van der Waals surface area contributed by atoms with Gasteiger partial charge in [-0.25, -0.2) is 0 Å². The summed E-state index contributed by atoms with van der Waals surface area (Å²) in [5.74, 6) is 0.932. The molecule has 0 spiro atoms. The molecule has 17 heavy (non-hydrogen) atoms. The standard InChI is InChI=1S/C12H23N3O2/c1-4-13-12(14-5-2)15-8-6-10(7-9-15)11(16)17-3/h10H,4-9H2,1-3H3,(H,13,14). The van der Waals surface area contributed by atoms with Gasteiger partial charge in [0.25, 0.3) is 0 Å². The van der Waals surface area contributed by atoms with Crippen LogP contribution in [0.1, 0.15) is 26.7 Å². The van der Waals surface area contributed by atoms with E-state index in [1.807, 2.05) is 6.92 Å². The van der Waals surface area contributed by atoms with Crippen LogP contribution in [0.4, 0.5) is 0 Å². The summed E-state index contributed by atoms with van der Waals surface area (Å²) in [4.78, 5) is 18.1. The molecule has 0 aromatic heterocycles. The normalized spacial score (nSPS) is 18.1. The van der Waals surface area contributed by atoms with Crippen molar-refractivity contribution in [2.24, 2.45) is 10.9 Å². The number of rotatable bonds is 3. The van der Waals surface area contributed by atoms with Crippen molar-refractivity contribution in [1.82, 2.24) is 10.2 Å². The molecule has 0 radical (unpaired) electrons. The van der Waals surface area contributed by atoms with E-state index in [2.05, 4.69) is 22.1 Å². The maximum atomic E-state index is 11.4. The van der Waals surface area contributed by atoms with Crippen LogP contribution in [0.3, 0.4) is 0 Å². The zero-order valence-electron chi connectivity index (χ0n) is 11.0. The monoisotopic (exact) mass is 241 g/mol. The van der Waals surface area contributed by atoms with Gasteiger partial charge in [-0.1, -0.05) is 0 Å². The molecule has 0 unspecified atom stereocenters. The van der Waals surface area contributed by atoms with Crippen LogP contribution in [0, 0.1) is 5.92 Å². The number of piperidine rings is 1. The minimum absolute atomic E-state index is 0.0563. The molecular formula is C12H23N3O2. The molecule has 0 bridgehead atoms. The van der Waals surface area contributed by atoms with Crippen molar-refractivity contribution in [2.45, 2.75) is 26.7 Å². The molecule has 1 heterocycles. The third kappa shape index (κ3) is 3.91. The van der Waals surface area contributed by atoms with Gasteiger partial charge in [0.1, 0.15) is 0 Å². The summed E-state index contributed by atoms with van der Waals surface area (Å²) in [6.07, 6.45) is 1.70. The van der Waals surface area contributed by atoms with E-state index < -0.39 is 0 Å². The van der Waals surface area contributed by atoms with E-state index in [1.165, 1.54) is 7.11 Å². The van der Waals surface area contributed by atoms with Crippen LogP contribution < -0.4 is 5.32 Å². The summed E-state index contributed by atoms with van der Waals surface area (Å²) >= 11 is 0. The molecule has 0 aromatic rings. The number of ether oxygens (including phenoxy) is 1. The molecule has 0 atom stereocenters. The van der Waals surface area contributed by atoms with Crippen LogP contribution in [0.15, 0.2) is 4.99 Å². The maximum Gasteiger partial charge on any atom is 0.308 e. The molecule has 5 heteroatoms. The molecule has 98 valence electrons. The highest BCUT2D eigenvalue weighted by atomic mass is 16.5. The van der Waals surface area contributed by atoms with Crippen molar-refractivity contribution in [2.75, 3.05) is 33.3 Å². The lowest BCUT2D eigenvalue weighted by molar-refractivity contribution is -0.146. The van der Waals surface area contributed by atoms with Gasteiger partial charge in [-0.2, -0.15) is 0 Å². The van der Waals surface area contributed by atoms with Gasteiger partial charge in [-0.15, -0.1) is 0 Å². The molecule has 1 saturated heterocycles. The Labute approximate surface area is 103 Å². The Morgan fingerprint density at radius 3 is 2.53 bits per heavy atom. The fourth-order valence-electron chi connectivity index (χ4n) is 2.07. The molecule has 1 aliphatic heterocycles. The quantitative estimate of drug-likeness (QED) is 0.452. The Bertz CT molecular complexity index is 271. The largest absolute Gasteiger partial charge is 0.469 e. The number of nitrogens with one attached hydrogen (secondary N) is 1. The lowest BCUT2D eigenvalue weighted by atomic mass is 9.97. The summed E-state index contributed by atoms with van der Waals surface area (Å²) in [6.45, 7) is 7.47. The number of nitrogens with zero attached hydrogens (tertiary/aromatic N) is 2. The first-order valence-corrected chi connectivity index (χ1v) is 6.34. The lowest BCUT2D eigenvalue weighted by Gasteiger charge is -2.33. The highest BCUT2D eigenvalue weighted by molar-refractivity contribution is 5.80. The van der Waals surface area contributed by atoms with Gasteiger partial charge in [-0.05, 0) is 26.7 Å². The fraction of sp³-hybridized carbons (Fsp3) is 0.833. The van der Waals surface area contributed by atoms with E-state index in [-0.39, 0.29) is 11.9 Å². The second-order valence-electron chi connectivity index (χ2n) is 4.11. The Morgan fingerprint density at radius 2 is 2.06 bits per heavy atom. The number of hydrogen-bond acceptors (Lipinski definition) is 3. The molecule has 1 aliphatic rings. The first-order chi connectivity index (χ1) is 8.22. The summed E-state index contributed by atoms with van der Waals surface area (Å²) < 4.78 is 4.78. The van der Waals surface area contributed by atoms with Gasteiger partial charge < -0.3 is 15.0 Å². The molecule has 0 amide bonds. The van der Waals surface area contributed by atoms with Crippen LogP contribution in [-0.2, 0) is 9.53 Å². The highest BCUT2D eigenvalue weighted by Crippen LogP contribution is 2.18. The first-order valence-electron chi connectivity index (χ1n) is 6.34. The van der Waals surface area contributed by atoms with Crippen molar-refractivity contribution < 1.29 is 9.53 Å². The number of likely N-dealkylation sites (tertiary alicyclic amines) is 1. The van der Waals surface area contributed by atoms with Crippen molar-refractivity contribution in [1.29, 1.82) is 0 Å². The number of aliphatic imine (C=N–C) groups is 1. The van der Waals surface area contributed by atoms with E-state index in [4.69, 9.17) is 4.74 Å². The van der Waals surface area contributed by atoms with E-state index in [0.29, 0.717) is 0 Å². The molecule has 0 saturated carbocycles. The molecule has 1 fully saturated rings. The number of methoxy groups -OCH3 is 1. The van der Waals surface area contributed by atoms with Gasteiger partial charge in [0.05, 0.1) is 13.0 Å². The summed E-state index contributed by atoms with van der Waals surface area (Å²) in [5.41, 5.74) is 0. The number of esters is 1. The minimum atomic E-state index is -0.0814. The van der Waals surface area contributed by atoms with Gasteiger partial charge in [0.15, 0.2) is 5.96 Å². The van der Waals surface area contributed by atoms with Gasteiger partial charge in [0, 0.05) is 26.2 Å². The van der Waals surface area contributed by atoms with Crippen LogP contribution in [0.2, 0.25) is 0 Å². The molecule has 5 nitrogen and oxygen atoms in total. The Hall–Kier alpha value is -1.26. The topological polar surface area (TPSA) is 53.9 Å². The van der Waals surface area contributed by atoms with Crippen molar-refractivity contribution in [3.8, 4) is 0 Å². The average Bonchev–Trinajstić information content (AvgIpc) is 2.38. The minimum Gasteiger partial charge on any atom is -0.469 e. The number of hydrogen-bond donors (Lipinski definition) is 1. The predicted octanol–water partition coefficient (Wildman–Crippen LogP) is 0.857. The van der Waals surface area contributed by atoms with Gasteiger partial charge in [0.2, 0.25) is 0 Å². The molecule has 1 rings (SSSR count). The van der Waals surface area contributed by atoms with Crippen molar-refractivity contribution >= 4 is 11.9 Å². The highest BCUT2D eigenvalue weighted by Gasteiger charge is 2.26. The first kappa shape index (κ1) is 13.8. The predicted molar refractivity (Wildman–Crippen MR) is 68.0 cm³/mol. The Balaban J connectivity index is 2.49. The zero-order chi connectivity index (χ0) is 12.7. The smallest absolute Gasteiger partial charge is 0.308 e. The molecular weight excluding hydrogens is 218 g/mol. The summed E-state index contributed by atoms with van der Waals surface area (Å²) in [7, 11) is 1.46. The number of guanidine groups is 1. The van der Waals surface area contributed by atoms with E-state index >= 15 is 0 Å². The van der Waals surface area contributed by atoms with Gasteiger partial charge in [-0.3, -0.25) is 9.79 Å². The Morgan fingerprint density at radius 1 is 1.41 bits per heavy atom.